The summed E-state index contributed by atoms with van der Waals surface area (Å²) in [6.45, 7) is 0.569. The Morgan fingerprint density at radius 1 is 1.37 bits per heavy atom. The van der Waals surface area contributed by atoms with Gasteiger partial charge in [-0.2, -0.15) is 0 Å². The summed E-state index contributed by atoms with van der Waals surface area (Å²) >= 11 is 0. The van der Waals surface area contributed by atoms with Gasteiger partial charge in [-0.25, -0.2) is 14.6 Å². The number of hydrogen-bond donors (Lipinski definition) is 4. The SMILES string of the molecule is CNC(=O)CNC(=O)NCCn1cnc(C(=O)O)c1. The van der Waals surface area contributed by atoms with E-state index in [4.69, 9.17) is 5.11 Å². The van der Waals surface area contributed by atoms with Crippen molar-refractivity contribution >= 4 is 17.9 Å². The fraction of sp³-hybridized carbons (Fsp3) is 0.400. The van der Waals surface area contributed by atoms with Crippen molar-refractivity contribution in [3.8, 4) is 0 Å². The summed E-state index contributed by atoms with van der Waals surface area (Å²) in [5.74, 6) is -1.40. The smallest absolute Gasteiger partial charge is 0.356 e. The first-order valence-corrected chi connectivity index (χ1v) is 5.50. The van der Waals surface area contributed by atoms with Crippen LogP contribution in [0.1, 0.15) is 10.5 Å². The number of aromatic carboxylic acids is 1. The fourth-order valence-corrected chi connectivity index (χ4v) is 1.20. The van der Waals surface area contributed by atoms with Crippen LogP contribution < -0.4 is 16.0 Å². The molecule has 0 fully saturated rings. The highest BCUT2D eigenvalue weighted by atomic mass is 16.4. The molecule has 1 aromatic heterocycles. The number of urea groups is 1. The molecule has 19 heavy (non-hydrogen) atoms. The first kappa shape index (κ1) is 14.5. The van der Waals surface area contributed by atoms with Crippen LogP contribution in [0.4, 0.5) is 4.79 Å². The molecular formula is C10H15N5O4. The second-order valence-electron chi connectivity index (χ2n) is 3.58. The van der Waals surface area contributed by atoms with Crippen LogP contribution in [0.15, 0.2) is 12.5 Å². The van der Waals surface area contributed by atoms with Crippen molar-refractivity contribution in [3.05, 3.63) is 18.2 Å². The molecule has 3 amide bonds. The minimum atomic E-state index is -1.10. The molecule has 1 aromatic rings. The third-order valence-corrected chi connectivity index (χ3v) is 2.20. The van der Waals surface area contributed by atoms with E-state index in [0.717, 1.165) is 0 Å². The molecule has 104 valence electrons. The molecule has 0 aromatic carbocycles. The van der Waals surface area contributed by atoms with Crippen molar-refractivity contribution in [2.75, 3.05) is 20.1 Å². The maximum absolute atomic E-state index is 11.2. The van der Waals surface area contributed by atoms with Crippen LogP contribution in [0.5, 0.6) is 0 Å². The topological polar surface area (TPSA) is 125 Å². The van der Waals surface area contributed by atoms with Crippen LogP contribution in [0.25, 0.3) is 0 Å². The monoisotopic (exact) mass is 269 g/mol. The Bertz CT molecular complexity index is 470. The van der Waals surface area contributed by atoms with E-state index in [1.165, 1.54) is 19.6 Å². The highest BCUT2D eigenvalue weighted by Gasteiger charge is 2.06. The first-order chi connectivity index (χ1) is 9.02. The minimum Gasteiger partial charge on any atom is -0.476 e. The summed E-state index contributed by atoms with van der Waals surface area (Å²) in [4.78, 5) is 36.3. The number of likely N-dealkylation sites (N-methyl/N-ethyl adjacent to an activating group) is 1. The van der Waals surface area contributed by atoms with E-state index in [2.05, 4.69) is 20.9 Å². The first-order valence-electron chi connectivity index (χ1n) is 5.50. The zero-order valence-corrected chi connectivity index (χ0v) is 10.3. The Labute approximate surface area is 109 Å². The van der Waals surface area contributed by atoms with Gasteiger partial charge >= 0.3 is 12.0 Å². The maximum atomic E-state index is 11.2. The average molecular weight is 269 g/mol. The molecule has 9 heteroatoms. The number of carboxylic acid groups (broad SMARTS) is 1. The molecule has 0 atom stereocenters. The molecule has 1 rings (SSSR count). The van der Waals surface area contributed by atoms with Crippen LogP contribution in [0, 0.1) is 0 Å². The number of aromatic nitrogens is 2. The van der Waals surface area contributed by atoms with E-state index in [-0.39, 0.29) is 24.7 Å². The molecule has 9 nitrogen and oxygen atoms in total. The van der Waals surface area contributed by atoms with Gasteiger partial charge in [0.2, 0.25) is 5.91 Å². The Kier molecular flexibility index (Phi) is 5.33. The second kappa shape index (κ2) is 6.99. The predicted molar refractivity (Wildman–Crippen MR) is 64.7 cm³/mol. The Morgan fingerprint density at radius 2 is 2.11 bits per heavy atom. The largest absolute Gasteiger partial charge is 0.476 e. The van der Waals surface area contributed by atoms with Crippen molar-refractivity contribution in [1.82, 2.24) is 25.5 Å². The van der Waals surface area contributed by atoms with Crippen molar-refractivity contribution in [2.45, 2.75) is 6.54 Å². The molecule has 0 aliphatic heterocycles. The van der Waals surface area contributed by atoms with E-state index in [9.17, 15) is 14.4 Å². The number of rotatable bonds is 6. The summed E-state index contributed by atoms with van der Waals surface area (Å²) in [6.07, 6.45) is 2.74. The van der Waals surface area contributed by atoms with Gasteiger partial charge < -0.3 is 25.6 Å². The van der Waals surface area contributed by atoms with Crippen molar-refractivity contribution in [1.29, 1.82) is 0 Å². The lowest BCUT2D eigenvalue weighted by Gasteiger charge is -2.07. The highest BCUT2D eigenvalue weighted by Crippen LogP contribution is 1.95. The van der Waals surface area contributed by atoms with Gasteiger partial charge in [-0.15, -0.1) is 0 Å². The molecule has 0 aliphatic rings. The minimum absolute atomic E-state index is 0.0518. The summed E-state index contributed by atoms with van der Waals surface area (Å²) in [5.41, 5.74) is -0.0518. The van der Waals surface area contributed by atoms with Gasteiger partial charge in [-0.05, 0) is 0 Å². The Hall–Kier alpha value is -2.58. The maximum Gasteiger partial charge on any atom is 0.356 e. The third-order valence-electron chi connectivity index (χ3n) is 2.20. The molecule has 0 saturated heterocycles. The second-order valence-corrected chi connectivity index (χ2v) is 3.58. The number of carboxylic acids is 1. The van der Waals surface area contributed by atoms with Crippen LogP contribution in [0.2, 0.25) is 0 Å². The van der Waals surface area contributed by atoms with E-state index >= 15 is 0 Å². The summed E-state index contributed by atoms with van der Waals surface area (Å²) in [6, 6.07) is -0.470. The number of nitrogens with zero attached hydrogens (tertiary/aromatic N) is 2. The molecular weight excluding hydrogens is 254 g/mol. The lowest BCUT2D eigenvalue weighted by molar-refractivity contribution is -0.119. The predicted octanol–water partition coefficient (Wildman–Crippen LogP) is -1.37. The standard InChI is InChI=1S/C10H15N5O4/c1-11-8(16)4-13-10(19)12-2-3-15-5-7(9(17)18)14-6-15/h5-6H,2-4H2,1H3,(H,11,16)(H,17,18)(H2,12,13,19). The van der Waals surface area contributed by atoms with Gasteiger partial charge in [-0.3, -0.25) is 4.79 Å². The van der Waals surface area contributed by atoms with Gasteiger partial charge in [-0.1, -0.05) is 0 Å². The van der Waals surface area contributed by atoms with Crippen LogP contribution in [-0.2, 0) is 11.3 Å². The highest BCUT2D eigenvalue weighted by molar-refractivity contribution is 5.85. The zero-order chi connectivity index (χ0) is 14.3. The molecule has 0 bridgehead atoms. The zero-order valence-electron chi connectivity index (χ0n) is 10.3. The fourth-order valence-electron chi connectivity index (χ4n) is 1.20. The molecule has 0 radical (unpaired) electrons. The third kappa shape index (κ3) is 5.06. The molecule has 1 heterocycles. The van der Waals surface area contributed by atoms with E-state index in [1.807, 2.05) is 0 Å². The van der Waals surface area contributed by atoms with Gasteiger partial charge in [0, 0.05) is 26.3 Å². The van der Waals surface area contributed by atoms with E-state index in [0.29, 0.717) is 6.54 Å². The Balaban J connectivity index is 2.24. The lowest BCUT2D eigenvalue weighted by atomic mass is 10.5. The van der Waals surface area contributed by atoms with E-state index in [1.54, 1.807) is 4.57 Å². The summed E-state index contributed by atoms with van der Waals surface area (Å²) in [5, 5.41) is 15.9. The van der Waals surface area contributed by atoms with Crippen LogP contribution >= 0.6 is 0 Å². The van der Waals surface area contributed by atoms with Crippen molar-refractivity contribution in [2.24, 2.45) is 0 Å². The van der Waals surface area contributed by atoms with Crippen molar-refractivity contribution in [3.63, 3.8) is 0 Å². The normalized spacial score (nSPS) is 9.74. The molecule has 4 N–H and O–H groups in total. The average Bonchev–Trinajstić information content (AvgIpc) is 2.85. The van der Waals surface area contributed by atoms with Crippen molar-refractivity contribution < 1.29 is 19.5 Å². The van der Waals surface area contributed by atoms with Gasteiger partial charge in [0.1, 0.15) is 0 Å². The summed E-state index contributed by atoms with van der Waals surface area (Å²) in [7, 11) is 1.47. The van der Waals surface area contributed by atoms with Gasteiger partial charge in [0.15, 0.2) is 5.69 Å². The number of carbonyl (C=O) groups excluding carboxylic acids is 2. The Morgan fingerprint density at radius 3 is 2.68 bits per heavy atom. The lowest BCUT2D eigenvalue weighted by Crippen LogP contribution is -2.42. The van der Waals surface area contributed by atoms with Gasteiger partial charge in [0.05, 0.1) is 12.9 Å². The number of amides is 3. The summed E-state index contributed by atoms with van der Waals surface area (Å²) < 4.78 is 1.54. The molecule has 0 aliphatic carbocycles. The number of imidazole rings is 1. The van der Waals surface area contributed by atoms with Gasteiger partial charge in [0.25, 0.3) is 0 Å². The number of carbonyl (C=O) groups is 3. The molecule has 0 unspecified atom stereocenters. The molecule has 0 saturated carbocycles. The number of nitrogens with one attached hydrogen (secondary N) is 3. The quantitative estimate of drug-likeness (QED) is 0.507. The van der Waals surface area contributed by atoms with Crippen LogP contribution in [0.3, 0.4) is 0 Å². The molecule has 0 spiro atoms. The number of hydrogen-bond acceptors (Lipinski definition) is 4. The van der Waals surface area contributed by atoms with E-state index < -0.39 is 12.0 Å². The van der Waals surface area contributed by atoms with Crippen LogP contribution in [-0.4, -0.2) is 52.7 Å².